The number of nitrogens with one attached hydrogen (secondary N) is 6. The van der Waals surface area contributed by atoms with Crippen LogP contribution >= 0.6 is 0 Å². The summed E-state index contributed by atoms with van der Waals surface area (Å²) in [5.41, 5.74) is 3.68. The normalized spacial score (nSPS) is 23.6. The monoisotopic (exact) mass is 921 g/mol. The molecule has 0 bridgehead atoms. The highest BCUT2D eigenvalue weighted by Gasteiger charge is 2.46. The highest BCUT2D eigenvalue weighted by molar-refractivity contribution is 5.70. The molecule has 1 saturated heterocycles. The van der Waals surface area contributed by atoms with E-state index in [2.05, 4.69) is 51.5 Å². The number of anilines is 4. The Labute approximate surface area is 379 Å². The molecule has 24 heteroatoms. The smallest absolute Gasteiger partial charge is 0.408 e. The molecule has 3 aliphatic carbocycles. The van der Waals surface area contributed by atoms with Gasteiger partial charge in [-0.05, 0) is 52.4 Å². The van der Waals surface area contributed by atoms with Crippen molar-refractivity contribution in [1.29, 1.82) is 0 Å². The number of halogens is 2. The summed E-state index contributed by atoms with van der Waals surface area (Å²) >= 11 is 0. The number of aromatic amines is 2. The molecule has 7 aromatic heterocycles. The summed E-state index contributed by atoms with van der Waals surface area (Å²) in [6.07, 6.45) is 7.81. The fourth-order valence-electron chi connectivity index (χ4n) is 8.48. The van der Waals surface area contributed by atoms with Crippen LogP contribution in [0.5, 0.6) is 0 Å². The van der Waals surface area contributed by atoms with E-state index in [4.69, 9.17) is 33.9 Å². The number of alkyl halides is 2. The van der Waals surface area contributed by atoms with Crippen LogP contribution in [0.15, 0.2) is 61.7 Å². The first-order valence-corrected chi connectivity index (χ1v) is 22.0. The molecule has 2 amide bonds. The van der Waals surface area contributed by atoms with Crippen LogP contribution in [0.25, 0.3) is 28.2 Å². The Morgan fingerprint density at radius 1 is 0.910 bits per heavy atom. The number of rotatable bonds is 14. The highest BCUT2D eigenvalue weighted by atomic mass is 19.1. The molecular weight excluding hydrogens is 875 g/mol. The number of H-pyrrole nitrogens is 2. The van der Waals surface area contributed by atoms with Gasteiger partial charge in [-0.25, -0.2) is 58.1 Å². The van der Waals surface area contributed by atoms with Gasteiger partial charge in [0.15, 0.2) is 23.7 Å². The Morgan fingerprint density at radius 3 is 2.42 bits per heavy atom. The standard InChI is InChI=1S/C43H46F2N16O6/c1-42(4-5-42)54-40(62)66-30-11-22(10-25(30)44)27-14-34(53-39-51-26(23-15-46-21-47-16-23)13-33-48-8-9-59(33)39)61(58-27)29-17-49-38(60-18-24(19-64-3)50-37(29)60)52-32-12-28(56-57-32)36-35(45)31(20-65-36)67-41(63)55-43(2)6-7-43/h8-9,12-18,21-22,25,30-31,35-36H,4-7,10-11,19-20H2,1-3H3,(H5,48,49,50,51,52,53,54,55,56,57,58,62,63)/p+1/t22-,25+,30-,31-,35-,36-/m0/s1. The van der Waals surface area contributed by atoms with Crippen molar-refractivity contribution in [2.75, 3.05) is 24.4 Å². The van der Waals surface area contributed by atoms with E-state index in [0.717, 1.165) is 25.7 Å². The van der Waals surface area contributed by atoms with Crippen molar-refractivity contribution in [2.24, 2.45) is 0 Å². The first kappa shape index (κ1) is 42.3. The number of hydrogen-bond donors (Lipinski definition) is 6. The summed E-state index contributed by atoms with van der Waals surface area (Å²) in [5, 5.41) is 23.0. The topological polar surface area (TPSA) is 254 Å². The number of imidazole rings is 2. The predicted octanol–water partition coefficient (Wildman–Crippen LogP) is 5.11. The molecule has 6 atom stereocenters. The Balaban J connectivity index is 0.916. The molecule has 22 nitrogen and oxygen atoms in total. The summed E-state index contributed by atoms with van der Waals surface area (Å²) in [7, 11) is 1.56. The summed E-state index contributed by atoms with van der Waals surface area (Å²) < 4.78 is 58.8. The van der Waals surface area contributed by atoms with Crippen LogP contribution in [-0.2, 0) is 25.6 Å². The van der Waals surface area contributed by atoms with Gasteiger partial charge in [0, 0.05) is 72.8 Å². The second-order valence-electron chi connectivity index (χ2n) is 18.1. The van der Waals surface area contributed by atoms with Gasteiger partial charge in [-0.1, -0.05) is 0 Å². The number of fused-ring (bicyclic) bond motifs is 2. The first-order valence-electron chi connectivity index (χ1n) is 22.0. The summed E-state index contributed by atoms with van der Waals surface area (Å²) in [6, 6.07) is 5.28. The largest absolute Gasteiger partial charge is 0.443 e. The molecule has 7 aromatic rings. The molecule has 0 radical (unpaired) electrons. The van der Waals surface area contributed by atoms with Gasteiger partial charge in [0.1, 0.15) is 30.4 Å². The number of alkyl carbamates (subject to hydrolysis) is 2. The number of aromatic nitrogens is 12. The molecule has 0 unspecified atom stereocenters. The second-order valence-corrected chi connectivity index (χ2v) is 18.1. The maximum absolute atomic E-state index is 15.7. The van der Waals surface area contributed by atoms with Gasteiger partial charge >= 0.3 is 24.0 Å². The van der Waals surface area contributed by atoms with E-state index < -0.39 is 42.8 Å². The second kappa shape index (κ2) is 16.5. The van der Waals surface area contributed by atoms with Crippen molar-refractivity contribution < 1.29 is 42.0 Å². The molecule has 0 aromatic carbocycles. The Morgan fingerprint density at radius 2 is 1.67 bits per heavy atom. The quantitative estimate of drug-likeness (QED) is 0.0776. The van der Waals surface area contributed by atoms with E-state index in [0.29, 0.717) is 68.9 Å². The molecule has 4 aliphatic rings. The van der Waals surface area contributed by atoms with E-state index in [9.17, 15) is 9.59 Å². The Kier molecular flexibility index (Phi) is 10.4. The van der Waals surface area contributed by atoms with Crippen LogP contribution in [0.2, 0.25) is 0 Å². The number of nitrogens with zero attached hydrogens (tertiary/aromatic N) is 10. The lowest BCUT2D eigenvalue weighted by molar-refractivity contribution is -0.640. The molecule has 3 saturated carbocycles. The van der Waals surface area contributed by atoms with Gasteiger partial charge in [-0.15, -0.1) is 4.68 Å². The maximum atomic E-state index is 15.7. The zero-order chi connectivity index (χ0) is 46.0. The molecule has 6 N–H and O–H groups in total. The zero-order valence-electron chi connectivity index (χ0n) is 36.6. The van der Waals surface area contributed by atoms with E-state index in [1.165, 1.54) is 6.33 Å². The minimum Gasteiger partial charge on any atom is -0.443 e. The Bertz CT molecular complexity index is 2990. The van der Waals surface area contributed by atoms with Gasteiger partial charge < -0.3 is 34.9 Å². The van der Waals surface area contributed by atoms with Gasteiger partial charge in [0.05, 0.1) is 48.3 Å². The maximum Gasteiger partial charge on any atom is 0.408 e. The highest BCUT2D eigenvalue weighted by Crippen LogP contribution is 2.40. The molecule has 348 valence electrons. The number of ether oxygens (including phenoxy) is 4. The van der Waals surface area contributed by atoms with Crippen molar-refractivity contribution in [3.05, 3.63) is 78.8 Å². The van der Waals surface area contributed by atoms with Gasteiger partial charge in [0.2, 0.25) is 11.6 Å². The summed E-state index contributed by atoms with van der Waals surface area (Å²) in [4.78, 5) is 52.7. The van der Waals surface area contributed by atoms with Gasteiger partial charge in [-0.2, -0.15) is 10.1 Å². The molecule has 67 heavy (non-hydrogen) atoms. The predicted molar refractivity (Wildman–Crippen MR) is 231 cm³/mol. The van der Waals surface area contributed by atoms with Crippen molar-refractivity contribution >= 4 is 47.0 Å². The number of hydrogen-bond acceptors (Lipinski definition) is 15. The number of carbonyl (C=O) groups excluding carboxylic acids is 2. The SMILES string of the molecule is COCc1cn2c(Nc3cc([C@@H]4OC[C@H](OC(=O)NC5(C)CC5)[C@@H]4F)[nH]n3)ncc(-[n+]3[nH]c([C@H]4C[C@@H](F)[C@@H](OC(=O)NC5(C)CC5)C4)cc3Nc3nc(-c4cncnc4)cc4nccn34)c2n1. The van der Waals surface area contributed by atoms with Gasteiger partial charge in [0.25, 0.3) is 0 Å². The number of amides is 2. The van der Waals surface area contributed by atoms with Crippen LogP contribution in [-0.4, -0.2) is 116 Å². The molecule has 1 aliphatic heterocycles. The van der Waals surface area contributed by atoms with Crippen molar-refractivity contribution in [3.8, 4) is 16.9 Å². The number of carbonyl (C=O) groups is 2. The minimum absolute atomic E-state index is 0.101. The third kappa shape index (κ3) is 8.52. The van der Waals surface area contributed by atoms with Crippen LogP contribution < -0.4 is 25.9 Å². The van der Waals surface area contributed by atoms with Crippen molar-refractivity contribution in [3.63, 3.8) is 0 Å². The first-order chi connectivity index (χ1) is 32.4. The Hall–Kier alpha value is -7.34. The fraction of sp³-hybridized carbons (Fsp3) is 0.442. The lowest BCUT2D eigenvalue weighted by atomic mass is 10.0. The average Bonchev–Trinajstić information content (AvgIpc) is 3.76. The minimum atomic E-state index is -1.64. The summed E-state index contributed by atoms with van der Waals surface area (Å²) in [6.45, 7) is 3.88. The number of methoxy groups -OCH3 is 1. The average molecular weight is 922 g/mol. The van der Waals surface area contributed by atoms with Crippen LogP contribution in [0.4, 0.5) is 41.9 Å². The van der Waals surface area contributed by atoms with Crippen molar-refractivity contribution in [1.82, 2.24) is 64.6 Å². The van der Waals surface area contributed by atoms with E-state index in [-0.39, 0.29) is 43.1 Å². The van der Waals surface area contributed by atoms with E-state index >= 15 is 8.78 Å². The van der Waals surface area contributed by atoms with E-state index in [1.807, 2.05) is 26.0 Å². The fourth-order valence-corrected chi connectivity index (χ4v) is 8.48. The molecular formula is C43H47F2N16O6+. The van der Waals surface area contributed by atoms with E-state index in [1.54, 1.807) is 63.8 Å². The van der Waals surface area contributed by atoms with Gasteiger partial charge in [-0.3, -0.25) is 9.50 Å². The summed E-state index contributed by atoms with van der Waals surface area (Å²) in [5.74, 6) is 1.10. The molecule has 4 fully saturated rings. The third-order valence-corrected chi connectivity index (χ3v) is 12.7. The van der Waals surface area contributed by atoms with Crippen LogP contribution in [0.1, 0.15) is 81.5 Å². The lowest BCUT2D eigenvalue weighted by Crippen LogP contribution is -2.39. The van der Waals surface area contributed by atoms with Crippen LogP contribution in [0, 0.1) is 0 Å². The van der Waals surface area contributed by atoms with Crippen LogP contribution in [0.3, 0.4) is 0 Å². The molecule has 11 rings (SSSR count). The lowest BCUT2D eigenvalue weighted by Gasteiger charge is -2.17. The molecule has 8 heterocycles. The third-order valence-electron chi connectivity index (χ3n) is 12.7. The van der Waals surface area contributed by atoms with Crippen molar-refractivity contribution in [2.45, 2.75) is 107 Å². The molecule has 0 spiro atoms. The zero-order valence-corrected chi connectivity index (χ0v) is 36.6.